The normalized spacial score (nSPS) is 16.1. The smallest absolute Gasteiger partial charge is 0.322 e. The predicted molar refractivity (Wildman–Crippen MR) is 287 cm³/mol. The van der Waals surface area contributed by atoms with Crippen molar-refractivity contribution in [2.45, 2.75) is 160 Å². The number of unbranched alkanes of at least 4 members (excludes halogenated alkanes) is 1. The van der Waals surface area contributed by atoms with E-state index in [-0.39, 0.29) is 19.4 Å². The van der Waals surface area contributed by atoms with Crippen LogP contribution in [0, 0.1) is 11.8 Å². The number of aliphatic carboxylic acids is 3. The number of rotatable bonds is 38. The lowest BCUT2D eigenvalue weighted by molar-refractivity contribution is -0.141. The summed E-state index contributed by atoms with van der Waals surface area (Å²) in [4.78, 5) is 192. The van der Waals surface area contributed by atoms with E-state index >= 15 is 0 Å². The third-order valence-corrected chi connectivity index (χ3v) is 12.6. The van der Waals surface area contributed by atoms with Crippen LogP contribution in [0.5, 0.6) is 0 Å². The molecule has 0 aromatic carbocycles. The van der Waals surface area contributed by atoms with Crippen LogP contribution < -0.4 is 70.0 Å². The highest BCUT2D eigenvalue weighted by Crippen LogP contribution is 2.17. The maximum Gasteiger partial charge on any atom is 0.322 e. The van der Waals surface area contributed by atoms with E-state index in [2.05, 4.69) is 58.5 Å². The molecule has 0 radical (unpaired) electrons. The highest BCUT2D eigenvalue weighted by molar-refractivity contribution is 5.99. The van der Waals surface area contributed by atoms with Crippen molar-refractivity contribution in [1.82, 2.24) is 63.4 Å². The molecule has 1 fully saturated rings. The Morgan fingerprint density at radius 3 is 1.42 bits per heavy atom. The number of carboxylic acids is 3. The lowest BCUT2D eigenvalue weighted by Crippen LogP contribution is -2.61. The number of hydrogen-bond acceptors (Lipinski definition) is 19. The summed E-state index contributed by atoms with van der Waals surface area (Å²) >= 11 is 0. The van der Waals surface area contributed by atoms with Gasteiger partial charge in [0.05, 0.1) is 32.3 Å². The minimum atomic E-state index is -1.85. The van der Waals surface area contributed by atoms with E-state index in [0.29, 0.717) is 25.8 Å². The zero-order chi connectivity index (χ0) is 63.3. The van der Waals surface area contributed by atoms with Crippen LogP contribution in [0.1, 0.15) is 99.3 Å². The molecule has 0 saturated carbocycles. The summed E-state index contributed by atoms with van der Waals surface area (Å²) < 4.78 is 0. The van der Waals surface area contributed by atoms with Gasteiger partial charge in [0.25, 0.3) is 0 Å². The number of nitrogens with one attached hydrogen (secondary N) is 11. The first-order valence-electron chi connectivity index (χ1n) is 26.8. The Balaban J connectivity index is 2.94. The van der Waals surface area contributed by atoms with E-state index in [1.807, 2.05) is 0 Å². The first kappa shape index (κ1) is 72.9. The molecule has 468 valence electrons. The van der Waals surface area contributed by atoms with Gasteiger partial charge in [-0.25, -0.2) is 0 Å². The Hall–Kier alpha value is -8.11. The van der Waals surface area contributed by atoms with Crippen LogP contribution in [-0.2, 0) is 71.9 Å². The Kier molecular flexibility index (Phi) is 32.6. The van der Waals surface area contributed by atoms with Gasteiger partial charge in [0.1, 0.15) is 60.9 Å². The minimum Gasteiger partial charge on any atom is -0.481 e. The van der Waals surface area contributed by atoms with E-state index < -0.39 is 220 Å². The molecule has 0 aromatic rings. The molecular formula is C49H82N14O20. The quantitative estimate of drug-likeness (QED) is 0.0255. The molecule has 1 heterocycles. The summed E-state index contributed by atoms with van der Waals surface area (Å²) in [7, 11) is 0. The largest absolute Gasteiger partial charge is 0.481 e. The number of aliphatic hydroxyl groups is 2. The van der Waals surface area contributed by atoms with Crippen LogP contribution in [0.25, 0.3) is 0 Å². The zero-order valence-corrected chi connectivity index (χ0v) is 47.2. The topological polar surface area (TPSA) is 545 Å². The maximum atomic E-state index is 13.6. The lowest BCUT2D eigenvalue weighted by atomic mass is 9.99. The monoisotopic (exact) mass is 1190 g/mol. The number of amides is 12. The molecule has 34 nitrogen and oxygen atoms in total. The van der Waals surface area contributed by atoms with E-state index in [0.717, 1.165) is 6.92 Å². The number of hydrogen-bond donors (Lipinski definition) is 18. The van der Waals surface area contributed by atoms with Crippen LogP contribution in [0.15, 0.2) is 0 Å². The zero-order valence-electron chi connectivity index (χ0n) is 47.2. The summed E-state index contributed by atoms with van der Waals surface area (Å²) in [5.74, 6) is -16.5. The number of nitrogens with two attached hydrogens (primary N) is 2. The number of aliphatic hydroxyl groups excluding tert-OH is 2. The van der Waals surface area contributed by atoms with Crippen LogP contribution in [-0.4, -0.2) is 226 Å². The van der Waals surface area contributed by atoms with Crippen molar-refractivity contribution in [3.8, 4) is 0 Å². The molecule has 0 spiro atoms. The first-order valence-corrected chi connectivity index (χ1v) is 26.8. The van der Waals surface area contributed by atoms with Gasteiger partial charge in [-0.3, -0.25) is 71.9 Å². The second-order valence-electron chi connectivity index (χ2n) is 20.1. The van der Waals surface area contributed by atoms with Crippen molar-refractivity contribution in [3.63, 3.8) is 0 Å². The van der Waals surface area contributed by atoms with Gasteiger partial charge in [0, 0.05) is 19.4 Å². The second-order valence-corrected chi connectivity index (χ2v) is 20.1. The van der Waals surface area contributed by atoms with Gasteiger partial charge in [-0.05, 0) is 70.8 Å². The van der Waals surface area contributed by atoms with Crippen LogP contribution in [0.3, 0.4) is 0 Å². The van der Waals surface area contributed by atoms with Crippen molar-refractivity contribution in [2.75, 3.05) is 45.9 Å². The molecule has 12 amide bonds. The van der Waals surface area contributed by atoms with Crippen molar-refractivity contribution < 1.29 is 97.5 Å². The standard InChI is InChI=1S/C49H82N14O20/c1-23(2)38(48(82)53-18-33(66)52-19-34(67)63-17-9-11-32(63)47(81)54-20-37(72)73)62-49(83)39(24(3)4)61-41(75)26(6)56-45(79)30(21-64)60-46(80)31(22-65)59-40(74)25(5)55-43(77)28(12-14-35(68)69)58-44(78)29(13-15-36(70)71)57-42(76)27(51)10-7-8-16-50/h23-32,38-39,64-65H,7-22,50-51H2,1-6H3,(H,52,66)(H,53,82)(H,54,81)(H,55,77)(H,56,79)(H,57,76)(H,58,78)(H,59,74)(H,60,80)(H,61,75)(H,62,83)(H,68,69)(H,70,71)(H,72,73)/t25-,26-,27-,28-,29-,30-,31-,32-,38-,39-/m0/s1. The third-order valence-electron chi connectivity index (χ3n) is 12.6. The summed E-state index contributed by atoms with van der Waals surface area (Å²) in [6.45, 7) is 5.03. The Labute approximate surface area is 477 Å². The van der Waals surface area contributed by atoms with Gasteiger partial charge in [-0.2, -0.15) is 0 Å². The first-order chi connectivity index (χ1) is 38.9. The van der Waals surface area contributed by atoms with Crippen molar-refractivity contribution >= 4 is 88.8 Å². The molecule has 1 aliphatic heterocycles. The second kappa shape index (κ2) is 37.1. The molecule has 20 N–H and O–H groups in total. The third kappa shape index (κ3) is 26.6. The maximum absolute atomic E-state index is 13.6. The van der Waals surface area contributed by atoms with Gasteiger partial charge in [0.15, 0.2) is 0 Å². The number of nitrogens with zero attached hydrogens (tertiary/aromatic N) is 1. The average molecular weight is 1190 g/mol. The van der Waals surface area contributed by atoms with Gasteiger partial charge in [-0.15, -0.1) is 0 Å². The molecule has 34 heteroatoms. The predicted octanol–water partition coefficient (Wildman–Crippen LogP) is -8.19. The molecule has 0 aromatic heterocycles. The van der Waals surface area contributed by atoms with Crippen molar-refractivity contribution in [3.05, 3.63) is 0 Å². The SMILES string of the molecule is CC(C)[C@H](NC(=O)[C@H](C)NC(=O)[C@H](CO)NC(=O)[C@H](CO)NC(=O)[C@H](C)NC(=O)[C@H](CCC(=O)O)NC(=O)[C@H](CCC(=O)O)NC(=O)[C@@H](N)CCCCN)C(=O)N[C@H](C(=O)NCC(=O)NCC(=O)N1CCC[C@H]1C(=O)NCC(=O)O)C(C)C. The molecule has 1 aliphatic rings. The van der Waals surface area contributed by atoms with E-state index in [4.69, 9.17) is 16.6 Å². The van der Waals surface area contributed by atoms with Crippen molar-refractivity contribution in [1.29, 1.82) is 0 Å². The summed E-state index contributed by atoms with van der Waals surface area (Å²) in [6, 6.07) is -14.6. The molecule has 1 rings (SSSR count). The fraction of sp³-hybridized carbons (Fsp3) is 0.694. The van der Waals surface area contributed by atoms with E-state index in [1.165, 1.54) is 11.8 Å². The Morgan fingerprint density at radius 2 is 0.928 bits per heavy atom. The molecule has 0 aliphatic carbocycles. The summed E-state index contributed by atoms with van der Waals surface area (Å²) in [5, 5.41) is 72.6. The van der Waals surface area contributed by atoms with Crippen LogP contribution in [0.2, 0.25) is 0 Å². The van der Waals surface area contributed by atoms with E-state index in [9.17, 15) is 92.3 Å². The highest BCUT2D eigenvalue weighted by atomic mass is 16.4. The molecule has 0 unspecified atom stereocenters. The molecule has 0 bridgehead atoms. The van der Waals surface area contributed by atoms with E-state index in [1.54, 1.807) is 27.7 Å². The number of carbonyl (C=O) groups excluding carboxylic acids is 12. The van der Waals surface area contributed by atoms with Gasteiger partial charge >= 0.3 is 17.9 Å². The summed E-state index contributed by atoms with van der Waals surface area (Å²) in [5.41, 5.74) is 11.4. The van der Waals surface area contributed by atoms with Gasteiger partial charge in [-0.1, -0.05) is 34.1 Å². The van der Waals surface area contributed by atoms with Crippen molar-refractivity contribution in [2.24, 2.45) is 23.3 Å². The average Bonchev–Trinajstić information content (AvgIpc) is 4.04. The fourth-order valence-corrected chi connectivity index (χ4v) is 7.81. The highest BCUT2D eigenvalue weighted by Gasteiger charge is 2.37. The van der Waals surface area contributed by atoms with Crippen LogP contribution in [0.4, 0.5) is 0 Å². The van der Waals surface area contributed by atoms with Gasteiger partial charge in [0.2, 0.25) is 70.9 Å². The van der Waals surface area contributed by atoms with Gasteiger partial charge < -0.3 is 100 Å². The number of likely N-dealkylation sites (tertiary alicyclic amines) is 1. The Morgan fingerprint density at radius 1 is 0.482 bits per heavy atom. The minimum absolute atomic E-state index is 0.173. The summed E-state index contributed by atoms with van der Waals surface area (Å²) in [6.07, 6.45) is -0.418. The number of carboxylic acid groups (broad SMARTS) is 3. The fourth-order valence-electron chi connectivity index (χ4n) is 7.81. The molecule has 1 saturated heterocycles. The molecule has 83 heavy (non-hydrogen) atoms. The lowest BCUT2D eigenvalue weighted by Gasteiger charge is -2.28. The van der Waals surface area contributed by atoms with Crippen LogP contribution >= 0.6 is 0 Å². The Bertz CT molecular complexity index is 2320. The number of carbonyl (C=O) groups is 15. The molecular weight excluding hydrogens is 1100 g/mol. The molecule has 10 atom stereocenters.